The first-order valence-electron chi connectivity index (χ1n) is 5.72. The van der Waals surface area contributed by atoms with Crippen molar-refractivity contribution in [1.29, 1.82) is 0 Å². The number of morpholine rings is 1. The van der Waals surface area contributed by atoms with Crippen LogP contribution < -0.4 is 10.2 Å². The van der Waals surface area contributed by atoms with Crippen LogP contribution in [0.3, 0.4) is 0 Å². The predicted octanol–water partition coefficient (Wildman–Crippen LogP) is 1.66. The zero-order chi connectivity index (χ0) is 11.5. The quantitative estimate of drug-likeness (QED) is 0.824. The minimum absolute atomic E-state index is 0.286. The topological polar surface area (TPSA) is 37.4 Å². The van der Waals surface area contributed by atoms with Crippen molar-refractivity contribution in [3.63, 3.8) is 0 Å². The van der Waals surface area contributed by atoms with Crippen LogP contribution in [0.4, 0.5) is 11.6 Å². The van der Waals surface area contributed by atoms with Gasteiger partial charge in [0.25, 0.3) is 0 Å². The molecule has 1 atom stereocenters. The lowest BCUT2D eigenvalue weighted by atomic mass is 10.2. The monoisotopic (exact) mass is 221 g/mol. The van der Waals surface area contributed by atoms with E-state index in [2.05, 4.69) is 35.1 Å². The Bertz CT molecular complexity index is 367. The minimum Gasteiger partial charge on any atom is -0.375 e. The van der Waals surface area contributed by atoms with E-state index in [0.29, 0.717) is 0 Å². The summed E-state index contributed by atoms with van der Waals surface area (Å²) in [6.45, 7) is 6.81. The number of aryl methyl sites for hydroxylation is 1. The number of rotatable bonds is 2. The lowest BCUT2D eigenvalue weighted by Crippen LogP contribution is -2.41. The highest BCUT2D eigenvalue weighted by molar-refractivity contribution is 5.50. The smallest absolute Gasteiger partial charge is 0.131 e. The molecule has 1 fully saturated rings. The molecule has 0 bridgehead atoms. The molecule has 1 aromatic rings. The predicted molar refractivity (Wildman–Crippen MR) is 66.1 cm³/mol. The second kappa shape index (κ2) is 4.70. The van der Waals surface area contributed by atoms with Gasteiger partial charge in [-0.2, -0.15) is 0 Å². The van der Waals surface area contributed by atoms with E-state index in [-0.39, 0.29) is 6.10 Å². The molecule has 4 heteroatoms. The highest BCUT2D eigenvalue weighted by Gasteiger charge is 2.18. The van der Waals surface area contributed by atoms with E-state index in [9.17, 15) is 0 Å². The van der Waals surface area contributed by atoms with Crippen molar-refractivity contribution in [3.05, 3.63) is 17.7 Å². The van der Waals surface area contributed by atoms with Gasteiger partial charge in [0.2, 0.25) is 0 Å². The summed E-state index contributed by atoms with van der Waals surface area (Å²) in [5, 5.41) is 3.09. The molecule has 16 heavy (non-hydrogen) atoms. The van der Waals surface area contributed by atoms with E-state index in [1.807, 2.05) is 13.1 Å². The van der Waals surface area contributed by atoms with E-state index in [1.165, 1.54) is 5.56 Å². The van der Waals surface area contributed by atoms with Gasteiger partial charge in [0.15, 0.2) is 0 Å². The van der Waals surface area contributed by atoms with Crippen molar-refractivity contribution in [2.45, 2.75) is 20.0 Å². The Hall–Kier alpha value is -1.29. The van der Waals surface area contributed by atoms with Crippen LogP contribution in [0.25, 0.3) is 0 Å². The summed E-state index contributed by atoms with van der Waals surface area (Å²) in [5.41, 5.74) is 1.23. The number of anilines is 2. The highest BCUT2D eigenvalue weighted by atomic mass is 16.5. The average Bonchev–Trinajstić information content (AvgIpc) is 2.28. The van der Waals surface area contributed by atoms with Crippen molar-refractivity contribution >= 4 is 11.6 Å². The van der Waals surface area contributed by atoms with Gasteiger partial charge in [0, 0.05) is 20.1 Å². The molecule has 2 rings (SSSR count). The van der Waals surface area contributed by atoms with Crippen LogP contribution in [0.2, 0.25) is 0 Å². The lowest BCUT2D eigenvalue weighted by molar-refractivity contribution is 0.0529. The first-order chi connectivity index (χ1) is 7.69. The average molecular weight is 221 g/mol. The standard InChI is InChI=1S/C12H19N3O/c1-9-6-11(13-3)14-12(7-9)15-4-5-16-10(2)8-15/h6-7,10H,4-5,8H2,1-3H3,(H,13,14). The zero-order valence-corrected chi connectivity index (χ0v) is 10.2. The van der Waals surface area contributed by atoms with Gasteiger partial charge in [0.1, 0.15) is 11.6 Å². The molecule has 0 amide bonds. The fraction of sp³-hybridized carbons (Fsp3) is 0.583. The molecule has 0 spiro atoms. The first-order valence-corrected chi connectivity index (χ1v) is 5.72. The van der Waals surface area contributed by atoms with Crippen LogP contribution in [-0.4, -0.2) is 37.8 Å². The van der Waals surface area contributed by atoms with E-state index in [1.54, 1.807) is 0 Å². The maximum atomic E-state index is 5.53. The van der Waals surface area contributed by atoms with Gasteiger partial charge in [-0.3, -0.25) is 0 Å². The number of ether oxygens (including phenoxy) is 1. The van der Waals surface area contributed by atoms with Crippen LogP contribution in [-0.2, 0) is 4.74 Å². The first kappa shape index (κ1) is 11.2. The molecular formula is C12H19N3O. The molecule has 1 aromatic heterocycles. The Labute approximate surface area is 96.6 Å². The largest absolute Gasteiger partial charge is 0.375 e. The molecule has 1 unspecified atom stereocenters. The highest BCUT2D eigenvalue weighted by Crippen LogP contribution is 2.19. The minimum atomic E-state index is 0.286. The van der Waals surface area contributed by atoms with Crippen LogP contribution in [0, 0.1) is 6.92 Å². The molecule has 4 nitrogen and oxygen atoms in total. The molecule has 1 aliphatic heterocycles. The van der Waals surface area contributed by atoms with E-state index >= 15 is 0 Å². The van der Waals surface area contributed by atoms with Crippen molar-refractivity contribution in [3.8, 4) is 0 Å². The molecule has 0 aliphatic carbocycles. The van der Waals surface area contributed by atoms with Crippen LogP contribution in [0.5, 0.6) is 0 Å². The summed E-state index contributed by atoms with van der Waals surface area (Å²) >= 11 is 0. The van der Waals surface area contributed by atoms with Crippen LogP contribution >= 0.6 is 0 Å². The molecule has 0 saturated carbocycles. The normalized spacial score (nSPS) is 20.9. The number of hydrogen-bond acceptors (Lipinski definition) is 4. The molecular weight excluding hydrogens is 202 g/mol. The summed E-state index contributed by atoms with van der Waals surface area (Å²) in [6.07, 6.45) is 0.286. The van der Waals surface area contributed by atoms with Crippen LogP contribution in [0.1, 0.15) is 12.5 Å². The third-order valence-corrected chi connectivity index (χ3v) is 2.78. The fourth-order valence-electron chi connectivity index (χ4n) is 1.97. The molecule has 0 aromatic carbocycles. The van der Waals surface area contributed by atoms with Gasteiger partial charge >= 0.3 is 0 Å². The van der Waals surface area contributed by atoms with Crippen molar-refractivity contribution in [1.82, 2.24) is 4.98 Å². The van der Waals surface area contributed by atoms with Gasteiger partial charge in [-0.1, -0.05) is 0 Å². The summed E-state index contributed by atoms with van der Waals surface area (Å²) < 4.78 is 5.53. The Balaban J connectivity index is 2.21. The summed E-state index contributed by atoms with van der Waals surface area (Å²) in [5.74, 6) is 1.97. The van der Waals surface area contributed by atoms with Gasteiger partial charge in [-0.05, 0) is 31.5 Å². The SMILES string of the molecule is CNc1cc(C)cc(N2CCOC(C)C2)n1. The summed E-state index contributed by atoms with van der Waals surface area (Å²) in [4.78, 5) is 6.85. The number of aromatic nitrogens is 1. The van der Waals surface area contributed by atoms with Crippen LogP contribution in [0.15, 0.2) is 12.1 Å². The molecule has 0 radical (unpaired) electrons. The van der Waals surface area contributed by atoms with Crippen molar-refractivity contribution in [2.75, 3.05) is 37.0 Å². The Morgan fingerprint density at radius 1 is 1.50 bits per heavy atom. The Morgan fingerprint density at radius 3 is 3.00 bits per heavy atom. The van der Waals surface area contributed by atoms with E-state index in [4.69, 9.17) is 4.74 Å². The number of nitrogens with one attached hydrogen (secondary N) is 1. The van der Waals surface area contributed by atoms with Gasteiger partial charge < -0.3 is 15.0 Å². The summed E-state index contributed by atoms with van der Waals surface area (Å²) in [7, 11) is 1.90. The van der Waals surface area contributed by atoms with Gasteiger partial charge in [-0.15, -0.1) is 0 Å². The second-order valence-corrected chi connectivity index (χ2v) is 4.27. The number of hydrogen-bond donors (Lipinski definition) is 1. The van der Waals surface area contributed by atoms with Gasteiger partial charge in [-0.25, -0.2) is 4.98 Å². The van der Waals surface area contributed by atoms with Crippen molar-refractivity contribution < 1.29 is 4.74 Å². The third kappa shape index (κ3) is 2.44. The Kier molecular flexibility index (Phi) is 3.29. The molecule has 1 N–H and O–H groups in total. The third-order valence-electron chi connectivity index (χ3n) is 2.78. The number of pyridine rings is 1. The maximum absolute atomic E-state index is 5.53. The molecule has 1 aliphatic rings. The molecule has 1 saturated heterocycles. The Morgan fingerprint density at radius 2 is 2.31 bits per heavy atom. The van der Waals surface area contributed by atoms with Gasteiger partial charge in [0.05, 0.1) is 12.7 Å². The van der Waals surface area contributed by atoms with E-state index in [0.717, 1.165) is 31.3 Å². The lowest BCUT2D eigenvalue weighted by Gasteiger charge is -2.32. The van der Waals surface area contributed by atoms with E-state index < -0.39 is 0 Å². The second-order valence-electron chi connectivity index (χ2n) is 4.27. The maximum Gasteiger partial charge on any atom is 0.131 e. The molecule has 2 heterocycles. The fourth-order valence-corrected chi connectivity index (χ4v) is 1.97. The summed E-state index contributed by atoms with van der Waals surface area (Å²) in [6, 6.07) is 4.17. The molecule has 88 valence electrons. The number of nitrogens with zero attached hydrogens (tertiary/aromatic N) is 2. The van der Waals surface area contributed by atoms with Crippen molar-refractivity contribution in [2.24, 2.45) is 0 Å². The zero-order valence-electron chi connectivity index (χ0n) is 10.2.